The fourth-order valence-electron chi connectivity index (χ4n) is 2.87. The normalized spacial score (nSPS) is 20.3. The predicted octanol–water partition coefficient (Wildman–Crippen LogP) is 1.96. The highest BCUT2D eigenvalue weighted by molar-refractivity contribution is 7.80. The Morgan fingerprint density at radius 1 is 1.54 bits per heavy atom. The van der Waals surface area contributed by atoms with Crippen LogP contribution < -0.4 is 25.8 Å². The van der Waals surface area contributed by atoms with Crippen molar-refractivity contribution in [2.75, 3.05) is 29.9 Å². The molecule has 2 aliphatic rings. The van der Waals surface area contributed by atoms with Gasteiger partial charge in [-0.2, -0.15) is 0 Å². The van der Waals surface area contributed by atoms with Crippen LogP contribution in [0.2, 0.25) is 0 Å². The van der Waals surface area contributed by atoms with Gasteiger partial charge < -0.3 is 15.0 Å². The van der Waals surface area contributed by atoms with Gasteiger partial charge in [-0.3, -0.25) is 10.2 Å². The molecule has 0 aliphatic carbocycles. The summed E-state index contributed by atoms with van der Waals surface area (Å²) in [5, 5.41) is 2.97. The van der Waals surface area contributed by atoms with Crippen LogP contribution >= 0.6 is 12.2 Å². The molecule has 1 aromatic rings. The SMILES string of the molecule is CCCN1C(=O)COc2cc(F)c(NC(=S)C3CCCNN3)cc21. The summed E-state index contributed by atoms with van der Waals surface area (Å²) in [6, 6.07) is 2.86. The lowest BCUT2D eigenvalue weighted by molar-refractivity contribution is -0.121. The van der Waals surface area contributed by atoms with E-state index in [4.69, 9.17) is 17.0 Å². The minimum atomic E-state index is -0.453. The van der Waals surface area contributed by atoms with E-state index >= 15 is 0 Å². The lowest BCUT2D eigenvalue weighted by Gasteiger charge is -2.30. The zero-order valence-electron chi connectivity index (χ0n) is 13.5. The maximum atomic E-state index is 14.4. The Hall–Kier alpha value is -1.77. The zero-order chi connectivity index (χ0) is 17.1. The number of fused-ring (bicyclic) bond motifs is 1. The number of halogens is 1. The molecule has 2 heterocycles. The van der Waals surface area contributed by atoms with Gasteiger partial charge >= 0.3 is 0 Å². The number of thiocarbonyl (C=S) groups is 1. The first-order valence-corrected chi connectivity index (χ1v) is 8.57. The van der Waals surface area contributed by atoms with Gasteiger partial charge in [-0.25, -0.2) is 9.82 Å². The number of hydrogen-bond acceptors (Lipinski definition) is 5. The summed E-state index contributed by atoms with van der Waals surface area (Å²) in [4.78, 5) is 14.2. The van der Waals surface area contributed by atoms with Gasteiger partial charge in [0.25, 0.3) is 5.91 Å². The van der Waals surface area contributed by atoms with Crippen molar-refractivity contribution in [3.63, 3.8) is 0 Å². The highest BCUT2D eigenvalue weighted by Crippen LogP contribution is 2.36. The predicted molar refractivity (Wildman–Crippen MR) is 94.9 cm³/mol. The van der Waals surface area contributed by atoms with Crippen molar-refractivity contribution in [1.82, 2.24) is 10.9 Å². The van der Waals surface area contributed by atoms with Gasteiger partial charge in [-0.15, -0.1) is 0 Å². The van der Waals surface area contributed by atoms with Crippen molar-refractivity contribution in [3.05, 3.63) is 17.9 Å². The first kappa shape index (κ1) is 17.1. The van der Waals surface area contributed by atoms with Gasteiger partial charge in [0, 0.05) is 19.2 Å². The molecule has 1 aromatic carbocycles. The average molecular weight is 352 g/mol. The summed E-state index contributed by atoms with van der Waals surface area (Å²) < 4.78 is 19.7. The van der Waals surface area contributed by atoms with Crippen LogP contribution in [0.5, 0.6) is 5.75 Å². The van der Waals surface area contributed by atoms with Crippen LogP contribution in [0.1, 0.15) is 26.2 Å². The second-order valence-electron chi connectivity index (χ2n) is 5.89. The second-order valence-corrected chi connectivity index (χ2v) is 6.33. The molecule has 130 valence electrons. The molecular weight excluding hydrogens is 331 g/mol. The van der Waals surface area contributed by atoms with Crippen molar-refractivity contribution in [2.24, 2.45) is 0 Å². The quantitative estimate of drug-likeness (QED) is 0.720. The summed E-state index contributed by atoms with van der Waals surface area (Å²) in [6.07, 6.45) is 2.69. The monoisotopic (exact) mass is 352 g/mol. The third-order valence-electron chi connectivity index (χ3n) is 4.08. The van der Waals surface area contributed by atoms with E-state index in [1.807, 2.05) is 6.92 Å². The number of carbonyl (C=O) groups is 1. The first-order chi connectivity index (χ1) is 11.6. The minimum Gasteiger partial charge on any atom is -0.481 e. The lowest BCUT2D eigenvalue weighted by Crippen LogP contribution is -2.51. The molecule has 0 saturated carbocycles. The first-order valence-electron chi connectivity index (χ1n) is 8.16. The summed E-state index contributed by atoms with van der Waals surface area (Å²) in [5.41, 5.74) is 6.98. The molecule has 3 rings (SSSR count). The molecule has 3 N–H and O–H groups in total. The second kappa shape index (κ2) is 7.42. The molecule has 0 spiro atoms. The van der Waals surface area contributed by atoms with Crippen LogP contribution in [0.15, 0.2) is 12.1 Å². The Bertz CT molecular complexity index is 649. The smallest absolute Gasteiger partial charge is 0.265 e. The average Bonchev–Trinajstić information content (AvgIpc) is 2.59. The molecule has 6 nitrogen and oxygen atoms in total. The van der Waals surface area contributed by atoms with Gasteiger partial charge in [-0.05, 0) is 25.3 Å². The summed E-state index contributed by atoms with van der Waals surface area (Å²) >= 11 is 5.38. The molecule has 8 heteroatoms. The van der Waals surface area contributed by atoms with E-state index in [-0.39, 0.29) is 24.2 Å². The van der Waals surface area contributed by atoms with Crippen molar-refractivity contribution in [2.45, 2.75) is 32.2 Å². The molecule has 0 aromatic heterocycles. The molecule has 1 atom stereocenters. The summed E-state index contributed by atoms with van der Waals surface area (Å²) in [6.45, 7) is 3.38. The standard InChI is InChI=1S/C16H21FN4O2S/c1-2-6-21-13-8-12(10(17)7-14(13)23-9-15(21)22)19-16(24)11-4-3-5-18-20-11/h7-8,11,18,20H,2-6,9H2,1H3,(H,19,24). The van der Waals surface area contributed by atoms with Crippen LogP contribution in [-0.2, 0) is 4.79 Å². The number of nitrogens with zero attached hydrogens (tertiary/aromatic N) is 1. The number of amides is 1. The summed E-state index contributed by atoms with van der Waals surface area (Å²) in [5.74, 6) is -0.192. The van der Waals surface area contributed by atoms with Crippen molar-refractivity contribution >= 4 is 34.5 Å². The number of carbonyl (C=O) groups excluding carboxylic acids is 1. The Morgan fingerprint density at radius 3 is 3.08 bits per heavy atom. The van der Waals surface area contributed by atoms with E-state index in [1.165, 1.54) is 6.07 Å². The third-order valence-corrected chi connectivity index (χ3v) is 4.47. The van der Waals surface area contributed by atoms with Gasteiger partial charge in [-0.1, -0.05) is 19.1 Å². The number of benzene rings is 1. The molecule has 0 bridgehead atoms. The molecule has 1 saturated heterocycles. The van der Waals surface area contributed by atoms with Crippen LogP contribution in [0.25, 0.3) is 0 Å². The maximum Gasteiger partial charge on any atom is 0.265 e. The third kappa shape index (κ3) is 3.50. The molecule has 1 amide bonds. The molecule has 2 aliphatic heterocycles. The molecule has 0 radical (unpaired) electrons. The topological polar surface area (TPSA) is 65.6 Å². The number of ether oxygens (including phenoxy) is 1. The Labute approximate surface area is 145 Å². The van der Waals surface area contributed by atoms with Gasteiger partial charge in [0.2, 0.25) is 0 Å². The number of nitrogens with one attached hydrogen (secondary N) is 3. The molecule has 1 fully saturated rings. The lowest BCUT2D eigenvalue weighted by atomic mass is 10.1. The Morgan fingerprint density at radius 2 is 2.38 bits per heavy atom. The molecule has 1 unspecified atom stereocenters. The Kier molecular flexibility index (Phi) is 5.27. The highest BCUT2D eigenvalue weighted by Gasteiger charge is 2.27. The van der Waals surface area contributed by atoms with E-state index in [1.54, 1.807) is 11.0 Å². The van der Waals surface area contributed by atoms with E-state index in [2.05, 4.69) is 16.2 Å². The largest absolute Gasteiger partial charge is 0.481 e. The van der Waals surface area contributed by atoms with Gasteiger partial charge in [0.15, 0.2) is 6.61 Å². The maximum absolute atomic E-state index is 14.4. The van der Waals surface area contributed by atoms with E-state index in [0.717, 1.165) is 25.8 Å². The van der Waals surface area contributed by atoms with Crippen LogP contribution in [0, 0.1) is 5.82 Å². The number of hydrogen-bond donors (Lipinski definition) is 3. The van der Waals surface area contributed by atoms with Crippen LogP contribution in [0.3, 0.4) is 0 Å². The van der Waals surface area contributed by atoms with Crippen LogP contribution in [0.4, 0.5) is 15.8 Å². The number of hydrazine groups is 1. The fourth-order valence-corrected chi connectivity index (χ4v) is 3.15. The van der Waals surface area contributed by atoms with E-state index in [9.17, 15) is 9.18 Å². The molecule has 24 heavy (non-hydrogen) atoms. The molecular formula is C16H21FN4O2S. The number of anilines is 2. The van der Waals surface area contributed by atoms with E-state index < -0.39 is 5.82 Å². The van der Waals surface area contributed by atoms with Gasteiger partial charge in [0.1, 0.15) is 11.6 Å². The van der Waals surface area contributed by atoms with Crippen molar-refractivity contribution in [3.8, 4) is 5.75 Å². The van der Waals surface area contributed by atoms with Crippen LogP contribution in [-0.4, -0.2) is 36.6 Å². The van der Waals surface area contributed by atoms with Gasteiger partial charge in [0.05, 0.1) is 22.4 Å². The fraction of sp³-hybridized carbons (Fsp3) is 0.500. The number of rotatable bonds is 4. The van der Waals surface area contributed by atoms with E-state index in [0.29, 0.717) is 23.0 Å². The Balaban J connectivity index is 1.83. The van der Waals surface area contributed by atoms with Crippen molar-refractivity contribution in [1.29, 1.82) is 0 Å². The minimum absolute atomic E-state index is 0.0474. The zero-order valence-corrected chi connectivity index (χ0v) is 14.3. The highest BCUT2D eigenvalue weighted by atomic mass is 32.1. The van der Waals surface area contributed by atoms with Crippen molar-refractivity contribution < 1.29 is 13.9 Å². The summed E-state index contributed by atoms with van der Waals surface area (Å²) in [7, 11) is 0.